The largest absolute Gasteiger partial charge is 0.497 e. The number of hydrogen-bond donors (Lipinski definition) is 3. The molecular weight excluding hydrogens is 322 g/mol. The van der Waals surface area contributed by atoms with Gasteiger partial charge in [0.2, 0.25) is 0 Å². The number of hydrogen-bond acceptors (Lipinski definition) is 4. The molecule has 0 atom stereocenters. The van der Waals surface area contributed by atoms with E-state index in [1.54, 1.807) is 30.3 Å². The van der Waals surface area contributed by atoms with Gasteiger partial charge in [0.1, 0.15) is 11.5 Å². The molecule has 2 aromatic rings. The topological polar surface area (TPSA) is 88.7 Å². The number of nitrogens with one attached hydrogen (secondary N) is 3. The Morgan fingerprint density at radius 1 is 1.00 bits per heavy atom. The molecule has 3 N–H and O–H groups in total. The molecule has 0 unspecified atom stereocenters. The summed E-state index contributed by atoms with van der Waals surface area (Å²) in [5.41, 5.74) is 2.65. The monoisotopic (exact) mass is 341 g/mol. The second kappa shape index (κ2) is 7.12. The Hall–Kier alpha value is -3.22. The average Bonchev–Trinajstić information content (AvgIpc) is 2.62. The van der Waals surface area contributed by atoms with Gasteiger partial charge in [-0.3, -0.25) is 4.79 Å². The van der Waals surface area contributed by atoms with Crippen molar-refractivity contribution < 1.29 is 19.1 Å². The summed E-state index contributed by atoms with van der Waals surface area (Å²) < 4.78 is 10.4. The van der Waals surface area contributed by atoms with Crippen LogP contribution in [0.1, 0.15) is 15.9 Å². The van der Waals surface area contributed by atoms with E-state index in [9.17, 15) is 9.59 Å². The maximum absolute atomic E-state index is 12.2. The van der Waals surface area contributed by atoms with Crippen LogP contribution in [0.3, 0.4) is 0 Å². The zero-order valence-electron chi connectivity index (χ0n) is 14.0. The highest BCUT2D eigenvalue weighted by Crippen LogP contribution is 2.26. The number of urea groups is 1. The third-order valence-corrected chi connectivity index (χ3v) is 3.90. The number of carbonyl (C=O) groups is 2. The fraction of sp³-hybridized carbons (Fsp3) is 0.222. The number of fused-ring (bicyclic) bond motifs is 1. The summed E-state index contributed by atoms with van der Waals surface area (Å²) in [6.07, 6.45) is 0.789. The first-order valence-electron chi connectivity index (χ1n) is 7.81. The van der Waals surface area contributed by atoms with E-state index in [0.29, 0.717) is 35.0 Å². The highest BCUT2D eigenvalue weighted by molar-refractivity contribution is 6.02. The molecule has 7 nitrogen and oxygen atoms in total. The van der Waals surface area contributed by atoms with Crippen LogP contribution in [0.5, 0.6) is 11.5 Å². The van der Waals surface area contributed by atoms with Gasteiger partial charge in [-0.05, 0) is 24.1 Å². The smallest absolute Gasteiger partial charge is 0.323 e. The van der Waals surface area contributed by atoms with Crippen LogP contribution in [-0.2, 0) is 6.42 Å². The van der Waals surface area contributed by atoms with Gasteiger partial charge in [-0.2, -0.15) is 0 Å². The molecule has 0 bridgehead atoms. The third kappa shape index (κ3) is 3.82. The third-order valence-electron chi connectivity index (χ3n) is 3.90. The molecule has 0 aromatic heterocycles. The first-order valence-corrected chi connectivity index (χ1v) is 7.81. The summed E-state index contributed by atoms with van der Waals surface area (Å²) in [6.45, 7) is 0.636. The van der Waals surface area contributed by atoms with Gasteiger partial charge in [-0.1, -0.05) is 6.07 Å². The second-order valence-electron chi connectivity index (χ2n) is 5.56. The lowest BCUT2D eigenvalue weighted by molar-refractivity contribution is 0.0946. The lowest BCUT2D eigenvalue weighted by Crippen LogP contribution is -2.32. The van der Waals surface area contributed by atoms with Gasteiger partial charge in [0.15, 0.2) is 0 Å². The van der Waals surface area contributed by atoms with Crippen molar-refractivity contribution in [2.45, 2.75) is 6.42 Å². The summed E-state index contributed by atoms with van der Waals surface area (Å²) in [7, 11) is 3.08. The van der Waals surface area contributed by atoms with Crippen molar-refractivity contribution in [3.63, 3.8) is 0 Å². The van der Waals surface area contributed by atoms with Gasteiger partial charge in [0.05, 0.1) is 14.2 Å². The molecule has 1 aliphatic heterocycles. The fourth-order valence-electron chi connectivity index (χ4n) is 2.66. The minimum Gasteiger partial charge on any atom is -0.497 e. The van der Waals surface area contributed by atoms with Crippen molar-refractivity contribution in [3.8, 4) is 11.5 Å². The minimum atomic E-state index is -0.425. The van der Waals surface area contributed by atoms with Crippen molar-refractivity contribution in [2.75, 3.05) is 31.4 Å². The van der Waals surface area contributed by atoms with Gasteiger partial charge in [-0.15, -0.1) is 0 Å². The number of carbonyl (C=O) groups excluding carboxylic acids is 2. The first kappa shape index (κ1) is 16.6. The molecule has 0 aliphatic carbocycles. The number of ether oxygens (including phenoxy) is 2. The lowest BCUT2D eigenvalue weighted by atomic mass is 10.00. The van der Waals surface area contributed by atoms with Crippen molar-refractivity contribution in [1.29, 1.82) is 0 Å². The fourth-order valence-corrected chi connectivity index (χ4v) is 2.66. The highest BCUT2D eigenvalue weighted by Gasteiger charge is 2.17. The van der Waals surface area contributed by atoms with Crippen molar-refractivity contribution in [1.82, 2.24) is 5.32 Å². The quantitative estimate of drug-likeness (QED) is 0.798. The van der Waals surface area contributed by atoms with Crippen LogP contribution in [0.2, 0.25) is 0 Å². The Balaban J connectivity index is 1.73. The lowest BCUT2D eigenvalue weighted by Gasteiger charge is -2.17. The number of anilines is 2. The van der Waals surface area contributed by atoms with E-state index in [1.807, 2.05) is 6.07 Å². The molecule has 2 aromatic carbocycles. The van der Waals surface area contributed by atoms with Crippen LogP contribution in [-0.4, -0.2) is 32.7 Å². The molecule has 0 radical (unpaired) electrons. The van der Waals surface area contributed by atoms with Crippen LogP contribution < -0.4 is 25.4 Å². The standard InChI is InChI=1S/C18H19N3O4/c1-24-14-7-13(8-15(10-14)25-2)21-18(23)20-12-4-3-11-5-6-19-17(22)16(11)9-12/h3-4,7-10H,5-6H2,1-2H3,(H,19,22)(H2,20,21,23). The molecule has 0 fully saturated rings. The molecule has 130 valence electrons. The first-order chi connectivity index (χ1) is 12.1. The molecule has 7 heteroatoms. The van der Waals surface area contributed by atoms with Crippen LogP contribution in [0.4, 0.5) is 16.2 Å². The molecular formula is C18H19N3O4. The van der Waals surface area contributed by atoms with Crippen molar-refractivity contribution in [2.24, 2.45) is 0 Å². The average molecular weight is 341 g/mol. The van der Waals surface area contributed by atoms with E-state index in [1.165, 1.54) is 14.2 Å². The van der Waals surface area contributed by atoms with E-state index in [4.69, 9.17) is 9.47 Å². The summed E-state index contributed by atoms with van der Waals surface area (Å²) in [5, 5.41) is 8.23. The number of rotatable bonds is 4. The second-order valence-corrected chi connectivity index (χ2v) is 5.56. The predicted molar refractivity (Wildman–Crippen MR) is 94.7 cm³/mol. The summed E-state index contributed by atoms with van der Waals surface area (Å²) in [5.74, 6) is 1.02. The summed E-state index contributed by atoms with van der Waals surface area (Å²) in [4.78, 5) is 24.1. The summed E-state index contributed by atoms with van der Waals surface area (Å²) in [6, 6.07) is 9.97. The van der Waals surface area contributed by atoms with Crippen LogP contribution in [0.15, 0.2) is 36.4 Å². The zero-order valence-corrected chi connectivity index (χ0v) is 14.0. The van der Waals surface area contributed by atoms with Crippen LogP contribution in [0, 0.1) is 0 Å². The van der Waals surface area contributed by atoms with Gasteiger partial charge >= 0.3 is 6.03 Å². The molecule has 1 aliphatic rings. The predicted octanol–water partition coefficient (Wildman–Crippen LogP) is 2.63. The molecule has 3 amide bonds. The van der Waals surface area contributed by atoms with E-state index in [0.717, 1.165) is 12.0 Å². The Bertz CT molecular complexity index is 798. The number of methoxy groups -OCH3 is 2. The molecule has 3 rings (SSSR count). The van der Waals surface area contributed by atoms with Crippen LogP contribution in [0.25, 0.3) is 0 Å². The highest BCUT2D eigenvalue weighted by atomic mass is 16.5. The van der Waals surface area contributed by atoms with E-state index >= 15 is 0 Å². The van der Waals surface area contributed by atoms with Gasteiger partial charge in [0.25, 0.3) is 5.91 Å². The van der Waals surface area contributed by atoms with Crippen molar-refractivity contribution >= 4 is 23.3 Å². The zero-order chi connectivity index (χ0) is 17.8. The van der Waals surface area contributed by atoms with E-state index in [-0.39, 0.29) is 5.91 Å². The van der Waals surface area contributed by atoms with Crippen LogP contribution >= 0.6 is 0 Å². The van der Waals surface area contributed by atoms with E-state index in [2.05, 4.69) is 16.0 Å². The molecule has 0 saturated heterocycles. The number of amides is 3. The Morgan fingerprint density at radius 3 is 2.36 bits per heavy atom. The molecule has 0 saturated carbocycles. The maximum atomic E-state index is 12.2. The normalized spacial score (nSPS) is 12.6. The summed E-state index contributed by atoms with van der Waals surface area (Å²) >= 11 is 0. The molecule has 25 heavy (non-hydrogen) atoms. The molecule has 0 spiro atoms. The van der Waals surface area contributed by atoms with Gasteiger partial charge in [0, 0.05) is 41.7 Å². The number of benzene rings is 2. The SMILES string of the molecule is COc1cc(NC(=O)Nc2ccc3c(c2)C(=O)NCC3)cc(OC)c1. The maximum Gasteiger partial charge on any atom is 0.323 e. The minimum absolute atomic E-state index is 0.122. The van der Waals surface area contributed by atoms with Crippen molar-refractivity contribution in [3.05, 3.63) is 47.5 Å². The Labute approximate surface area is 145 Å². The van der Waals surface area contributed by atoms with E-state index < -0.39 is 6.03 Å². The molecule has 1 heterocycles. The Morgan fingerprint density at radius 2 is 1.68 bits per heavy atom. The van der Waals surface area contributed by atoms with Gasteiger partial charge in [-0.25, -0.2) is 4.79 Å². The Kier molecular flexibility index (Phi) is 4.74. The van der Waals surface area contributed by atoms with Gasteiger partial charge < -0.3 is 25.4 Å².